The van der Waals surface area contributed by atoms with Crippen LogP contribution in [0.4, 0.5) is 0 Å². The summed E-state index contributed by atoms with van der Waals surface area (Å²) in [6, 6.07) is 7.49. The number of Topliss-reactive ketones (excluding diaryl/α,β-unsaturated/α-hetero) is 1. The third-order valence-electron chi connectivity index (χ3n) is 2.27. The number of hydrogen-bond donors (Lipinski definition) is 0. The normalized spacial score (nSPS) is 11.0. The molecule has 0 spiro atoms. The van der Waals surface area contributed by atoms with Crippen LogP contribution in [0, 0.1) is 0 Å². The van der Waals surface area contributed by atoms with Gasteiger partial charge in [-0.25, -0.2) is 0 Å². The average molecular weight is 314 g/mol. The van der Waals surface area contributed by atoms with E-state index in [1.807, 2.05) is 36.2 Å². The molecule has 17 heavy (non-hydrogen) atoms. The van der Waals surface area contributed by atoms with Crippen LogP contribution < -0.4 is 0 Å². The van der Waals surface area contributed by atoms with Crippen molar-refractivity contribution in [3.8, 4) is 0 Å². The third kappa shape index (κ3) is 3.52. The number of furan rings is 1. The summed E-state index contributed by atoms with van der Waals surface area (Å²) in [7, 11) is 1.91. The van der Waals surface area contributed by atoms with Gasteiger partial charge in [0, 0.05) is 0 Å². The fourth-order valence-corrected chi connectivity index (χ4v) is 2.83. The van der Waals surface area contributed by atoms with E-state index in [9.17, 15) is 4.79 Å². The number of hydrogen-bond acceptors (Lipinski definition) is 4. The first-order chi connectivity index (χ1) is 8.15. The quantitative estimate of drug-likeness (QED) is 0.793. The monoisotopic (exact) mass is 313 g/mol. The van der Waals surface area contributed by atoms with Gasteiger partial charge in [0.05, 0.1) is 28.0 Å². The molecular weight excluding hydrogens is 302 g/mol. The Morgan fingerprint density at radius 3 is 2.88 bits per heavy atom. The molecule has 0 amide bonds. The summed E-state index contributed by atoms with van der Waals surface area (Å²) in [6.07, 6.45) is 1.64. The maximum atomic E-state index is 11.9. The molecule has 0 bridgehead atoms. The summed E-state index contributed by atoms with van der Waals surface area (Å²) in [5.74, 6) is 1.00. The predicted octanol–water partition coefficient (Wildman–Crippen LogP) is 3.42. The van der Waals surface area contributed by atoms with Gasteiger partial charge in [0.15, 0.2) is 5.78 Å². The number of likely N-dealkylation sites (N-methyl/N-ethyl adjacent to an activating group) is 1. The maximum Gasteiger partial charge on any atom is 0.186 e. The molecule has 0 aliphatic carbocycles. The van der Waals surface area contributed by atoms with E-state index >= 15 is 0 Å². The number of carbonyl (C=O) groups is 1. The zero-order valence-corrected chi connectivity index (χ0v) is 11.8. The van der Waals surface area contributed by atoms with Gasteiger partial charge in [-0.1, -0.05) is 0 Å². The molecule has 90 valence electrons. The van der Waals surface area contributed by atoms with Crippen LogP contribution >= 0.6 is 27.3 Å². The van der Waals surface area contributed by atoms with Crippen LogP contribution in [0.3, 0.4) is 0 Å². The third-order valence-corrected chi connectivity index (χ3v) is 3.93. The summed E-state index contributed by atoms with van der Waals surface area (Å²) in [4.78, 5) is 14.6. The summed E-state index contributed by atoms with van der Waals surface area (Å²) >= 11 is 4.82. The van der Waals surface area contributed by atoms with E-state index in [1.54, 1.807) is 6.26 Å². The van der Waals surface area contributed by atoms with Gasteiger partial charge >= 0.3 is 0 Å². The van der Waals surface area contributed by atoms with Crippen LogP contribution in [-0.4, -0.2) is 24.3 Å². The molecule has 0 unspecified atom stereocenters. The molecule has 0 aliphatic rings. The molecule has 2 aromatic rings. The van der Waals surface area contributed by atoms with Crippen LogP contribution in [0.1, 0.15) is 15.4 Å². The standard InChI is InChI=1S/C12H12BrNO2S/c1-14(7-9-3-2-6-16-9)8-10(15)11-4-5-12(13)17-11/h2-6H,7-8H2,1H3. The smallest absolute Gasteiger partial charge is 0.186 e. The number of nitrogens with zero attached hydrogens (tertiary/aromatic N) is 1. The Hall–Kier alpha value is -0.910. The molecule has 0 saturated heterocycles. The SMILES string of the molecule is CN(CC(=O)c1ccc(Br)s1)Cc1ccco1. The van der Waals surface area contributed by atoms with E-state index in [1.165, 1.54) is 11.3 Å². The molecule has 2 aromatic heterocycles. The van der Waals surface area contributed by atoms with Crippen molar-refractivity contribution in [3.63, 3.8) is 0 Å². The van der Waals surface area contributed by atoms with Gasteiger partial charge < -0.3 is 4.42 Å². The molecule has 0 N–H and O–H groups in total. The number of halogens is 1. The van der Waals surface area contributed by atoms with E-state index in [-0.39, 0.29) is 5.78 Å². The van der Waals surface area contributed by atoms with Gasteiger partial charge in [-0.3, -0.25) is 9.69 Å². The van der Waals surface area contributed by atoms with Crippen molar-refractivity contribution in [3.05, 3.63) is 45.0 Å². The van der Waals surface area contributed by atoms with Crippen molar-refractivity contribution in [1.82, 2.24) is 4.90 Å². The number of thiophene rings is 1. The Morgan fingerprint density at radius 2 is 2.29 bits per heavy atom. The average Bonchev–Trinajstić information content (AvgIpc) is 2.89. The largest absolute Gasteiger partial charge is 0.468 e. The van der Waals surface area contributed by atoms with Crippen LogP contribution in [0.15, 0.2) is 38.7 Å². The van der Waals surface area contributed by atoms with Gasteiger partial charge in [0.2, 0.25) is 0 Å². The molecule has 2 heterocycles. The summed E-state index contributed by atoms with van der Waals surface area (Å²) < 4.78 is 6.22. The molecule has 2 rings (SSSR count). The van der Waals surface area contributed by atoms with E-state index in [0.717, 1.165) is 14.4 Å². The van der Waals surface area contributed by atoms with Crippen molar-refractivity contribution in [2.24, 2.45) is 0 Å². The highest BCUT2D eigenvalue weighted by Gasteiger charge is 2.12. The van der Waals surface area contributed by atoms with Gasteiger partial charge in [-0.15, -0.1) is 11.3 Å². The highest BCUT2D eigenvalue weighted by atomic mass is 79.9. The summed E-state index contributed by atoms with van der Waals surface area (Å²) in [6.45, 7) is 1.04. The Bertz CT molecular complexity index is 492. The fourth-order valence-electron chi connectivity index (χ4n) is 1.51. The fraction of sp³-hybridized carbons (Fsp3) is 0.250. The predicted molar refractivity (Wildman–Crippen MR) is 71.4 cm³/mol. The second-order valence-electron chi connectivity index (χ2n) is 3.78. The van der Waals surface area contributed by atoms with Crippen LogP contribution in [0.5, 0.6) is 0 Å². The van der Waals surface area contributed by atoms with E-state index in [4.69, 9.17) is 4.42 Å². The van der Waals surface area contributed by atoms with Gasteiger partial charge in [0.25, 0.3) is 0 Å². The Morgan fingerprint density at radius 1 is 1.47 bits per heavy atom. The van der Waals surface area contributed by atoms with Gasteiger partial charge in [-0.2, -0.15) is 0 Å². The van der Waals surface area contributed by atoms with Crippen molar-refractivity contribution >= 4 is 33.0 Å². The first-order valence-electron chi connectivity index (χ1n) is 5.14. The summed E-state index contributed by atoms with van der Waals surface area (Å²) in [5.41, 5.74) is 0. The minimum absolute atomic E-state index is 0.134. The topological polar surface area (TPSA) is 33.5 Å². The highest BCUT2D eigenvalue weighted by Crippen LogP contribution is 2.22. The lowest BCUT2D eigenvalue weighted by molar-refractivity contribution is 0.0943. The second kappa shape index (κ2) is 5.62. The van der Waals surface area contributed by atoms with Crippen molar-refractivity contribution < 1.29 is 9.21 Å². The zero-order chi connectivity index (χ0) is 12.3. The van der Waals surface area contributed by atoms with Crippen LogP contribution in [0.2, 0.25) is 0 Å². The van der Waals surface area contributed by atoms with E-state index in [2.05, 4.69) is 15.9 Å². The van der Waals surface area contributed by atoms with E-state index in [0.29, 0.717) is 13.1 Å². The van der Waals surface area contributed by atoms with E-state index < -0.39 is 0 Å². The molecule has 0 saturated carbocycles. The Labute approximate surface area is 112 Å². The molecular formula is C12H12BrNO2S. The first-order valence-corrected chi connectivity index (χ1v) is 6.75. The van der Waals surface area contributed by atoms with Crippen molar-refractivity contribution in [2.75, 3.05) is 13.6 Å². The van der Waals surface area contributed by atoms with Crippen molar-refractivity contribution in [1.29, 1.82) is 0 Å². The molecule has 3 nitrogen and oxygen atoms in total. The molecule has 0 aliphatic heterocycles. The molecule has 0 radical (unpaired) electrons. The Kier molecular flexibility index (Phi) is 4.15. The van der Waals surface area contributed by atoms with Crippen LogP contribution in [0.25, 0.3) is 0 Å². The van der Waals surface area contributed by atoms with Gasteiger partial charge in [-0.05, 0) is 47.2 Å². The molecule has 0 fully saturated rings. The minimum atomic E-state index is 0.134. The lowest BCUT2D eigenvalue weighted by Crippen LogP contribution is -2.24. The molecule has 5 heteroatoms. The summed E-state index contributed by atoms with van der Waals surface area (Å²) in [5, 5.41) is 0. The van der Waals surface area contributed by atoms with Crippen molar-refractivity contribution in [2.45, 2.75) is 6.54 Å². The number of carbonyl (C=O) groups excluding carboxylic acids is 1. The lowest BCUT2D eigenvalue weighted by Gasteiger charge is -2.13. The molecule has 0 aromatic carbocycles. The number of rotatable bonds is 5. The minimum Gasteiger partial charge on any atom is -0.468 e. The second-order valence-corrected chi connectivity index (χ2v) is 6.24. The lowest BCUT2D eigenvalue weighted by atomic mass is 10.3. The number of ketones is 1. The highest BCUT2D eigenvalue weighted by molar-refractivity contribution is 9.11. The Balaban J connectivity index is 1.90. The van der Waals surface area contributed by atoms with Crippen LogP contribution in [-0.2, 0) is 6.54 Å². The molecule has 0 atom stereocenters. The maximum absolute atomic E-state index is 11.9. The first kappa shape index (κ1) is 12.5. The van der Waals surface area contributed by atoms with Gasteiger partial charge in [0.1, 0.15) is 5.76 Å². The zero-order valence-electron chi connectivity index (χ0n) is 9.35.